The molecule has 1 aliphatic rings. The quantitative estimate of drug-likeness (QED) is 0.850. The van der Waals surface area contributed by atoms with Gasteiger partial charge in [-0.05, 0) is 25.1 Å². The Morgan fingerprint density at radius 1 is 1.24 bits per heavy atom. The summed E-state index contributed by atoms with van der Waals surface area (Å²) >= 11 is 3.98. The minimum absolute atomic E-state index is 0.144. The highest BCUT2D eigenvalue weighted by atomic mass is 32.1. The van der Waals surface area contributed by atoms with Crippen LogP contribution in [0.3, 0.4) is 0 Å². The van der Waals surface area contributed by atoms with Gasteiger partial charge >= 0.3 is 6.09 Å². The summed E-state index contributed by atoms with van der Waals surface area (Å²) in [5, 5.41) is 0. The Hall–Kier alpha value is -1.76. The number of hydrogen-bond donors (Lipinski definition) is 1. The summed E-state index contributed by atoms with van der Waals surface area (Å²) in [6, 6.07) is 4.08. The zero-order valence-corrected chi connectivity index (χ0v) is 12.6. The van der Waals surface area contributed by atoms with Crippen LogP contribution < -0.4 is 0 Å². The van der Waals surface area contributed by atoms with E-state index in [1.54, 1.807) is 16.7 Å². The smallest absolute Gasteiger partial charge is 0.409 e. The second-order valence-corrected chi connectivity index (χ2v) is 5.13. The Balaban J connectivity index is 1.97. The van der Waals surface area contributed by atoms with Crippen LogP contribution in [0.5, 0.6) is 0 Å². The van der Waals surface area contributed by atoms with Gasteiger partial charge in [-0.15, -0.1) is 12.6 Å². The van der Waals surface area contributed by atoms with Crippen LogP contribution in [-0.2, 0) is 4.74 Å². The molecule has 114 valence electrons. The molecule has 0 aromatic heterocycles. The van der Waals surface area contributed by atoms with Crippen molar-refractivity contribution in [1.29, 1.82) is 0 Å². The Bertz CT molecular complexity index is 545. The maximum Gasteiger partial charge on any atom is 0.409 e. The number of carbonyl (C=O) groups is 2. The van der Waals surface area contributed by atoms with Crippen LogP contribution in [0, 0.1) is 5.82 Å². The number of carbonyl (C=O) groups excluding carboxylic acids is 2. The number of benzene rings is 1. The van der Waals surface area contributed by atoms with Gasteiger partial charge in [0.05, 0.1) is 6.61 Å². The lowest BCUT2D eigenvalue weighted by atomic mass is 10.2. The minimum atomic E-state index is -0.456. The molecular formula is C14H17FN2O3S. The average Bonchev–Trinajstić information content (AvgIpc) is 2.50. The summed E-state index contributed by atoms with van der Waals surface area (Å²) in [6.45, 7) is 3.80. The molecule has 2 amide bonds. The third-order valence-electron chi connectivity index (χ3n) is 3.29. The molecule has 0 N–H and O–H groups in total. The van der Waals surface area contributed by atoms with Crippen molar-refractivity contribution < 1.29 is 18.7 Å². The van der Waals surface area contributed by atoms with Gasteiger partial charge in [-0.2, -0.15) is 0 Å². The number of rotatable bonds is 2. The van der Waals surface area contributed by atoms with Gasteiger partial charge in [0.1, 0.15) is 5.82 Å². The first kappa shape index (κ1) is 15.6. The Labute approximate surface area is 128 Å². The highest BCUT2D eigenvalue weighted by molar-refractivity contribution is 7.80. The first-order valence-electron chi connectivity index (χ1n) is 6.72. The molecule has 1 fully saturated rings. The van der Waals surface area contributed by atoms with E-state index in [9.17, 15) is 14.0 Å². The first-order valence-corrected chi connectivity index (χ1v) is 7.17. The predicted molar refractivity (Wildman–Crippen MR) is 78.2 cm³/mol. The number of ether oxygens (including phenoxy) is 1. The number of thiol groups is 1. The molecule has 0 saturated carbocycles. The number of amides is 2. The van der Waals surface area contributed by atoms with Crippen LogP contribution in [0.1, 0.15) is 17.3 Å². The van der Waals surface area contributed by atoms with E-state index < -0.39 is 5.82 Å². The molecule has 21 heavy (non-hydrogen) atoms. The normalized spacial score (nSPS) is 15.0. The monoisotopic (exact) mass is 312 g/mol. The zero-order chi connectivity index (χ0) is 15.4. The van der Waals surface area contributed by atoms with Crippen molar-refractivity contribution in [3.8, 4) is 0 Å². The van der Waals surface area contributed by atoms with Gasteiger partial charge in [-0.25, -0.2) is 9.18 Å². The second kappa shape index (κ2) is 6.80. The van der Waals surface area contributed by atoms with Crippen molar-refractivity contribution in [2.45, 2.75) is 11.8 Å². The van der Waals surface area contributed by atoms with Gasteiger partial charge in [0.25, 0.3) is 5.91 Å². The fourth-order valence-electron chi connectivity index (χ4n) is 2.14. The highest BCUT2D eigenvalue weighted by Crippen LogP contribution is 2.16. The summed E-state index contributed by atoms with van der Waals surface area (Å²) < 4.78 is 18.1. The molecule has 1 aliphatic heterocycles. The van der Waals surface area contributed by atoms with Crippen molar-refractivity contribution in [2.75, 3.05) is 32.8 Å². The van der Waals surface area contributed by atoms with Crippen LogP contribution in [0.15, 0.2) is 23.1 Å². The van der Waals surface area contributed by atoms with Crippen LogP contribution >= 0.6 is 12.6 Å². The molecule has 0 spiro atoms. The van der Waals surface area contributed by atoms with E-state index in [4.69, 9.17) is 4.74 Å². The number of hydrogen-bond acceptors (Lipinski definition) is 4. The third kappa shape index (κ3) is 3.66. The molecule has 1 saturated heterocycles. The highest BCUT2D eigenvalue weighted by Gasteiger charge is 2.25. The lowest BCUT2D eigenvalue weighted by molar-refractivity contribution is 0.0570. The predicted octanol–water partition coefficient (Wildman–Crippen LogP) is 2.03. The minimum Gasteiger partial charge on any atom is -0.450 e. The van der Waals surface area contributed by atoms with E-state index in [1.807, 2.05) is 0 Å². The van der Waals surface area contributed by atoms with Crippen LogP contribution in [0.25, 0.3) is 0 Å². The SMILES string of the molecule is CCOC(=O)N1CCN(C(=O)c2ccc(F)c(S)c2)CC1. The summed E-state index contributed by atoms with van der Waals surface area (Å²) in [5.74, 6) is -0.643. The van der Waals surface area contributed by atoms with E-state index >= 15 is 0 Å². The largest absolute Gasteiger partial charge is 0.450 e. The van der Waals surface area contributed by atoms with Gasteiger partial charge in [-0.1, -0.05) is 0 Å². The Morgan fingerprint density at radius 2 is 1.86 bits per heavy atom. The number of nitrogens with zero attached hydrogens (tertiary/aromatic N) is 2. The van der Waals surface area contributed by atoms with Crippen LogP contribution in [0.4, 0.5) is 9.18 Å². The van der Waals surface area contributed by atoms with Crippen molar-refractivity contribution in [3.63, 3.8) is 0 Å². The molecule has 2 rings (SSSR count). The van der Waals surface area contributed by atoms with Crippen molar-refractivity contribution in [3.05, 3.63) is 29.6 Å². The topological polar surface area (TPSA) is 49.9 Å². The summed E-state index contributed by atoms with van der Waals surface area (Å²) in [4.78, 5) is 27.2. The Morgan fingerprint density at radius 3 is 2.43 bits per heavy atom. The van der Waals surface area contributed by atoms with Gasteiger partial charge in [-0.3, -0.25) is 4.79 Å². The third-order valence-corrected chi connectivity index (χ3v) is 3.63. The molecule has 5 nitrogen and oxygen atoms in total. The van der Waals surface area contributed by atoms with Gasteiger partial charge < -0.3 is 14.5 Å². The molecule has 0 aliphatic carbocycles. The van der Waals surface area contributed by atoms with E-state index in [-0.39, 0.29) is 16.9 Å². The molecule has 0 atom stereocenters. The van der Waals surface area contributed by atoms with Crippen molar-refractivity contribution >= 4 is 24.6 Å². The molecule has 1 heterocycles. The summed E-state index contributed by atoms with van der Waals surface area (Å²) in [6.07, 6.45) is -0.357. The van der Waals surface area contributed by atoms with Gasteiger partial charge in [0, 0.05) is 36.6 Å². The maximum absolute atomic E-state index is 13.2. The molecule has 1 aromatic rings. The first-order chi connectivity index (χ1) is 10.0. The fraction of sp³-hybridized carbons (Fsp3) is 0.429. The second-order valence-electron chi connectivity index (χ2n) is 4.64. The molecule has 0 unspecified atom stereocenters. The lowest BCUT2D eigenvalue weighted by Gasteiger charge is -2.34. The molecule has 0 bridgehead atoms. The average molecular weight is 312 g/mol. The van der Waals surface area contributed by atoms with E-state index in [1.165, 1.54) is 18.2 Å². The maximum atomic E-state index is 13.2. The van der Waals surface area contributed by atoms with Gasteiger partial charge in [0.2, 0.25) is 0 Å². The van der Waals surface area contributed by atoms with E-state index in [2.05, 4.69) is 12.6 Å². The molecular weight excluding hydrogens is 295 g/mol. The summed E-state index contributed by atoms with van der Waals surface area (Å²) in [5.41, 5.74) is 0.394. The van der Waals surface area contributed by atoms with Crippen molar-refractivity contribution in [1.82, 2.24) is 9.80 Å². The fourth-order valence-corrected chi connectivity index (χ4v) is 2.35. The molecule has 1 aromatic carbocycles. The standard InChI is InChI=1S/C14H17FN2O3S/c1-2-20-14(19)17-7-5-16(6-8-17)13(18)10-3-4-11(15)12(21)9-10/h3-4,9,21H,2,5-8H2,1H3. The van der Waals surface area contributed by atoms with E-state index in [0.29, 0.717) is 38.3 Å². The Kier molecular flexibility index (Phi) is 5.06. The molecule has 7 heteroatoms. The number of piperazine rings is 1. The number of halogens is 1. The van der Waals surface area contributed by atoms with E-state index in [0.717, 1.165) is 0 Å². The van der Waals surface area contributed by atoms with Crippen LogP contribution in [-0.4, -0.2) is 54.6 Å². The molecule has 0 radical (unpaired) electrons. The van der Waals surface area contributed by atoms with Crippen LogP contribution in [0.2, 0.25) is 0 Å². The zero-order valence-electron chi connectivity index (χ0n) is 11.7. The van der Waals surface area contributed by atoms with Gasteiger partial charge in [0.15, 0.2) is 0 Å². The van der Waals surface area contributed by atoms with Crippen molar-refractivity contribution in [2.24, 2.45) is 0 Å². The lowest BCUT2D eigenvalue weighted by Crippen LogP contribution is -2.50. The summed E-state index contributed by atoms with van der Waals surface area (Å²) in [7, 11) is 0.